The maximum Gasteiger partial charge on any atom is 0.251 e. The van der Waals surface area contributed by atoms with Crippen LogP contribution in [0.3, 0.4) is 0 Å². The zero-order valence-electron chi connectivity index (χ0n) is 17.7. The van der Waals surface area contributed by atoms with Crippen molar-refractivity contribution in [1.29, 1.82) is 0 Å². The van der Waals surface area contributed by atoms with Gasteiger partial charge in [0.05, 0.1) is 13.2 Å². The van der Waals surface area contributed by atoms with Gasteiger partial charge in [-0.25, -0.2) is 0 Å². The lowest BCUT2D eigenvalue weighted by Gasteiger charge is -2.10. The summed E-state index contributed by atoms with van der Waals surface area (Å²) in [5.74, 6) is 0.504. The average Bonchev–Trinajstić information content (AvgIpc) is 2.77. The zero-order valence-corrected chi connectivity index (χ0v) is 17.7. The number of carbonyl (C=O) groups is 2. The molecule has 0 aromatic heterocycles. The van der Waals surface area contributed by atoms with Crippen LogP contribution in [0.2, 0.25) is 0 Å². The Kier molecular flexibility index (Phi) is 10.2. The van der Waals surface area contributed by atoms with Crippen molar-refractivity contribution in [2.45, 2.75) is 26.2 Å². The third-order valence-electron chi connectivity index (χ3n) is 4.32. The molecular weight excluding hydrogens is 382 g/mol. The van der Waals surface area contributed by atoms with Crippen molar-refractivity contribution < 1.29 is 19.1 Å². The second kappa shape index (κ2) is 13.2. The van der Waals surface area contributed by atoms with Gasteiger partial charge in [0, 0.05) is 37.2 Å². The number of benzene rings is 2. The molecule has 0 unspecified atom stereocenters. The van der Waals surface area contributed by atoms with Gasteiger partial charge in [-0.05, 0) is 61.4 Å². The van der Waals surface area contributed by atoms with Crippen LogP contribution in [-0.2, 0) is 9.53 Å². The Labute approximate surface area is 178 Å². The summed E-state index contributed by atoms with van der Waals surface area (Å²) in [4.78, 5) is 24.2. The molecule has 2 amide bonds. The third-order valence-corrected chi connectivity index (χ3v) is 4.32. The van der Waals surface area contributed by atoms with E-state index in [1.165, 1.54) is 0 Å². The van der Waals surface area contributed by atoms with Gasteiger partial charge in [0.2, 0.25) is 5.91 Å². The van der Waals surface area contributed by atoms with Gasteiger partial charge < -0.3 is 25.4 Å². The molecule has 0 saturated carbocycles. The van der Waals surface area contributed by atoms with Crippen molar-refractivity contribution in [2.24, 2.45) is 0 Å². The minimum atomic E-state index is -0.171. The van der Waals surface area contributed by atoms with Gasteiger partial charge in [-0.2, -0.15) is 0 Å². The number of amides is 2. The van der Waals surface area contributed by atoms with Crippen LogP contribution in [0.1, 0.15) is 36.5 Å². The predicted octanol–water partition coefficient (Wildman–Crippen LogP) is 3.68. The first-order chi connectivity index (χ1) is 14.6. The minimum absolute atomic E-state index is 0.137. The van der Waals surface area contributed by atoms with Crippen LogP contribution in [0.25, 0.3) is 0 Å². The molecule has 0 fully saturated rings. The van der Waals surface area contributed by atoms with Crippen molar-refractivity contribution in [3.05, 3.63) is 54.1 Å². The number of hydrogen-bond donors (Lipinski definition) is 3. The highest BCUT2D eigenvalue weighted by Crippen LogP contribution is 2.16. The number of anilines is 2. The van der Waals surface area contributed by atoms with E-state index < -0.39 is 0 Å². The average molecular weight is 414 g/mol. The summed E-state index contributed by atoms with van der Waals surface area (Å²) in [6.45, 7) is 4.13. The fourth-order valence-corrected chi connectivity index (χ4v) is 2.62. The highest BCUT2D eigenvalue weighted by atomic mass is 16.5. The fourth-order valence-electron chi connectivity index (χ4n) is 2.62. The summed E-state index contributed by atoms with van der Waals surface area (Å²) >= 11 is 0. The highest BCUT2D eigenvalue weighted by Gasteiger charge is 2.07. The Morgan fingerprint density at radius 1 is 0.900 bits per heavy atom. The molecule has 0 aliphatic carbocycles. The van der Waals surface area contributed by atoms with E-state index in [4.69, 9.17) is 9.47 Å². The Bertz CT molecular complexity index is 776. The Morgan fingerprint density at radius 2 is 1.60 bits per heavy atom. The molecule has 2 rings (SSSR count). The molecule has 0 bridgehead atoms. The number of rotatable bonds is 13. The molecule has 0 atom stereocenters. The van der Waals surface area contributed by atoms with Crippen LogP contribution >= 0.6 is 0 Å². The van der Waals surface area contributed by atoms with E-state index in [2.05, 4.69) is 22.9 Å². The molecule has 0 radical (unpaired) electrons. The van der Waals surface area contributed by atoms with Gasteiger partial charge in [0.1, 0.15) is 5.75 Å². The maximum absolute atomic E-state index is 12.2. The smallest absolute Gasteiger partial charge is 0.251 e. The van der Waals surface area contributed by atoms with E-state index in [1.54, 1.807) is 31.4 Å². The molecule has 0 aliphatic rings. The molecule has 7 nitrogen and oxygen atoms in total. The van der Waals surface area contributed by atoms with Crippen LogP contribution in [0.4, 0.5) is 11.4 Å². The molecule has 2 aromatic rings. The standard InChI is InChI=1S/C23H31N3O4/c1-3-4-16-30-21-12-10-19(11-13-21)25-17-22(27)26-20-8-6-18(7-9-20)23(28)24-14-5-15-29-2/h6-13,25H,3-5,14-17H2,1-2H3,(H,24,28)(H,26,27). The van der Waals surface area contributed by atoms with Gasteiger partial charge in [-0.15, -0.1) is 0 Å². The van der Waals surface area contributed by atoms with Crippen molar-refractivity contribution in [2.75, 3.05) is 44.0 Å². The van der Waals surface area contributed by atoms with Gasteiger partial charge in [0.15, 0.2) is 0 Å². The van der Waals surface area contributed by atoms with Crippen molar-refractivity contribution in [1.82, 2.24) is 5.32 Å². The lowest BCUT2D eigenvalue weighted by molar-refractivity contribution is -0.114. The van der Waals surface area contributed by atoms with Gasteiger partial charge >= 0.3 is 0 Å². The third kappa shape index (κ3) is 8.53. The molecular formula is C23H31N3O4. The van der Waals surface area contributed by atoms with Gasteiger partial charge in [-0.1, -0.05) is 13.3 Å². The van der Waals surface area contributed by atoms with Crippen molar-refractivity contribution >= 4 is 23.2 Å². The Balaban J connectivity index is 1.73. The van der Waals surface area contributed by atoms with Crippen LogP contribution < -0.4 is 20.7 Å². The monoisotopic (exact) mass is 413 g/mol. The van der Waals surface area contributed by atoms with Gasteiger partial charge in [0.25, 0.3) is 5.91 Å². The molecule has 0 heterocycles. The molecule has 2 aromatic carbocycles. The van der Waals surface area contributed by atoms with Gasteiger partial charge in [-0.3, -0.25) is 9.59 Å². The normalized spacial score (nSPS) is 10.3. The van der Waals surface area contributed by atoms with Crippen molar-refractivity contribution in [3.8, 4) is 5.75 Å². The lowest BCUT2D eigenvalue weighted by atomic mass is 10.2. The molecule has 3 N–H and O–H groups in total. The van der Waals surface area contributed by atoms with Crippen LogP contribution in [0, 0.1) is 0 Å². The van der Waals surface area contributed by atoms with Crippen LogP contribution in [0.5, 0.6) is 5.75 Å². The lowest BCUT2D eigenvalue weighted by Crippen LogP contribution is -2.25. The van der Waals surface area contributed by atoms with Crippen LogP contribution in [-0.4, -0.2) is 45.2 Å². The summed E-state index contributed by atoms with van der Waals surface area (Å²) in [7, 11) is 1.63. The highest BCUT2D eigenvalue weighted by molar-refractivity contribution is 5.96. The number of unbranched alkanes of at least 4 members (excludes halogenated alkanes) is 1. The van der Waals surface area contributed by atoms with E-state index in [-0.39, 0.29) is 18.4 Å². The Hall–Kier alpha value is -3.06. The SMILES string of the molecule is CCCCOc1ccc(NCC(=O)Nc2ccc(C(=O)NCCCOC)cc2)cc1. The molecule has 0 spiro atoms. The number of methoxy groups -OCH3 is 1. The number of ether oxygens (including phenoxy) is 2. The summed E-state index contributed by atoms with van der Waals surface area (Å²) in [6, 6.07) is 14.3. The quantitative estimate of drug-likeness (QED) is 0.436. The van der Waals surface area contributed by atoms with E-state index >= 15 is 0 Å². The van der Waals surface area contributed by atoms with E-state index in [1.807, 2.05) is 24.3 Å². The first kappa shape index (κ1) is 23.2. The molecule has 162 valence electrons. The van der Waals surface area contributed by atoms with E-state index in [0.717, 1.165) is 30.7 Å². The van der Waals surface area contributed by atoms with Crippen LogP contribution in [0.15, 0.2) is 48.5 Å². The van der Waals surface area contributed by atoms with E-state index in [9.17, 15) is 9.59 Å². The summed E-state index contributed by atoms with van der Waals surface area (Å²) < 4.78 is 10.6. The molecule has 0 saturated heterocycles. The minimum Gasteiger partial charge on any atom is -0.494 e. The first-order valence-corrected chi connectivity index (χ1v) is 10.3. The number of hydrogen-bond acceptors (Lipinski definition) is 5. The second-order valence-corrected chi connectivity index (χ2v) is 6.81. The molecule has 0 aliphatic heterocycles. The number of nitrogens with one attached hydrogen (secondary N) is 3. The van der Waals surface area contributed by atoms with E-state index in [0.29, 0.717) is 31.0 Å². The van der Waals surface area contributed by atoms with Crippen molar-refractivity contribution in [3.63, 3.8) is 0 Å². The zero-order chi connectivity index (χ0) is 21.6. The first-order valence-electron chi connectivity index (χ1n) is 10.3. The predicted molar refractivity (Wildman–Crippen MR) is 119 cm³/mol. The second-order valence-electron chi connectivity index (χ2n) is 6.81. The summed E-state index contributed by atoms with van der Waals surface area (Å²) in [5, 5.41) is 8.72. The fraction of sp³-hybridized carbons (Fsp3) is 0.391. The maximum atomic E-state index is 12.2. The topological polar surface area (TPSA) is 88.7 Å². The summed E-state index contributed by atoms with van der Waals surface area (Å²) in [5.41, 5.74) is 2.02. The molecule has 7 heteroatoms. The molecule has 30 heavy (non-hydrogen) atoms. The number of carbonyl (C=O) groups excluding carboxylic acids is 2. The summed E-state index contributed by atoms with van der Waals surface area (Å²) in [6.07, 6.45) is 2.89. The largest absolute Gasteiger partial charge is 0.494 e. The Morgan fingerprint density at radius 3 is 2.27 bits per heavy atom.